The van der Waals surface area contributed by atoms with E-state index in [2.05, 4.69) is 0 Å². The van der Waals surface area contributed by atoms with E-state index in [4.69, 9.17) is 9.47 Å². The predicted octanol–water partition coefficient (Wildman–Crippen LogP) is 0.713. The standard InChI is InChI=1S/C10H13NO4S/c1-10(2)14-8(12)7(9(13)15-10)5-11-3-4-16-6-11/h5H,3-4,6H2,1-2H3. The van der Waals surface area contributed by atoms with Crippen LogP contribution in [0.3, 0.4) is 0 Å². The molecule has 2 aliphatic heterocycles. The number of carbonyl (C=O) groups is 2. The van der Waals surface area contributed by atoms with E-state index in [-0.39, 0.29) is 5.57 Å². The highest BCUT2D eigenvalue weighted by atomic mass is 32.2. The number of hydrogen-bond donors (Lipinski definition) is 0. The van der Waals surface area contributed by atoms with Gasteiger partial charge in [-0.25, -0.2) is 9.59 Å². The molecular formula is C10H13NO4S. The number of thioether (sulfide) groups is 1. The number of rotatable bonds is 1. The maximum atomic E-state index is 11.6. The molecule has 0 bridgehead atoms. The molecule has 0 saturated carbocycles. The number of ether oxygens (including phenoxy) is 2. The molecule has 0 spiro atoms. The van der Waals surface area contributed by atoms with Crippen molar-refractivity contribution in [3.05, 3.63) is 11.8 Å². The molecule has 2 saturated heterocycles. The molecule has 0 unspecified atom stereocenters. The summed E-state index contributed by atoms with van der Waals surface area (Å²) in [7, 11) is 0. The third kappa shape index (κ3) is 2.32. The number of carbonyl (C=O) groups excluding carboxylic acids is 2. The van der Waals surface area contributed by atoms with Crippen LogP contribution in [0.15, 0.2) is 11.8 Å². The predicted molar refractivity (Wildman–Crippen MR) is 58.4 cm³/mol. The molecule has 2 heterocycles. The number of hydrogen-bond acceptors (Lipinski definition) is 6. The molecule has 0 radical (unpaired) electrons. The highest BCUT2D eigenvalue weighted by Gasteiger charge is 2.39. The summed E-state index contributed by atoms with van der Waals surface area (Å²) in [4.78, 5) is 25.1. The zero-order valence-corrected chi connectivity index (χ0v) is 10.0. The fourth-order valence-electron chi connectivity index (χ4n) is 1.48. The number of esters is 2. The number of cyclic esters (lactones) is 2. The lowest BCUT2D eigenvalue weighted by molar-refractivity contribution is -0.222. The quantitative estimate of drug-likeness (QED) is 0.384. The molecule has 2 fully saturated rings. The molecule has 5 nitrogen and oxygen atoms in total. The van der Waals surface area contributed by atoms with Crippen LogP contribution in [0.2, 0.25) is 0 Å². The molecule has 16 heavy (non-hydrogen) atoms. The fraction of sp³-hybridized carbons (Fsp3) is 0.600. The van der Waals surface area contributed by atoms with Crippen LogP contribution in [0.25, 0.3) is 0 Å². The molecule has 0 aromatic heterocycles. The summed E-state index contributed by atoms with van der Waals surface area (Å²) in [5.74, 6) is -0.603. The summed E-state index contributed by atoms with van der Waals surface area (Å²) in [5, 5.41) is 0. The van der Waals surface area contributed by atoms with Crippen LogP contribution in [0.1, 0.15) is 13.8 Å². The van der Waals surface area contributed by atoms with Gasteiger partial charge < -0.3 is 14.4 Å². The maximum Gasteiger partial charge on any atom is 0.350 e. The van der Waals surface area contributed by atoms with Crippen LogP contribution in [0, 0.1) is 0 Å². The summed E-state index contributed by atoms with van der Waals surface area (Å²) < 4.78 is 9.97. The second kappa shape index (κ2) is 4.01. The van der Waals surface area contributed by atoms with Crippen molar-refractivity contribution in [3.8, 4) is 0 Å². The van der Waals surface area contributed by atoms with Crippen LogP contribution in [-0.4, -0.2) is 40.8 Å². The molecule has 88 valence electrons. The summed E-state index contributed by atoms with van der Waals surface area (Å²) in [6.45, 7) is 3.90. The van der Waals surface area contributed by atoms with E-state index in [1.54, 1.807) is 11.8 Å². The molecule has 2 aliphatic rings. The minimum absolute atomic E-state index is 0.0261. The average Bonchev–Trinajstić information content (AvgIpc) is 2.62. The molecule has 0 N–H and O–H groups in total. The van der Waals surface area contributed by atoms with Gasteiger partial charge in [0, 0.05) is 32.3 Å². The van der Waals surface area contributed by atoms with Crippen LogP contribution >= 0.6 is 11.8 Å². The lowest BCUT2D eigenvalue weighted by Gasteiger charge is -2.30. The monoisotopic (exact) mass is 243 g/mol. The Morgan fingerprint density at radius 2 is 1.94 bits per heavy atom. The van der Waals surface area contributed by atoms with Gasteiger partial charge in [0.25, 0.3) is 5.79 Å². The second-order valence-corrected chi connectivity index (χ2v) is 5.15. The van der Waals surface area contributed by atoms with Gasteiger partial charge in [-0.1, -0.05) is 0 Å². The summed E-state index contributed by atoms with van der Waals surface area (Å²) in [6.07, 6.45) is 1.53. The Bertz CT molecular complexity index is 336. The highest BCUT2D eigenvalue weighted by Crippen LogP contribution is 2.24. The molecule has 0 aliphatic carbocycles. The van der Waals surface area contributed by atoms with Gasteiger partial charge in [-0.05, 0) is 0 Å². The molecule has 0 atom stereocenters. The first kappa shape index (κ1) is 11.3. The van der Waals surface area contributed by atoms with Gasteiger partial charge in [0.1, 0.15) is 0 Å². The van der Waals surface area contributed by atoms with Gasteiger partial charge in [0.2, 0.25) is 0 Å². The smallest absolute Gasteiger partial charge is 0.350 e. The molecule has 0 aromatic carbocycles. The van der Waals surface area contributed by atoms with Gasteiger partial charge in [0.15, 0.2) is 5.57 Å². The SMILES string of the molecule is CC1(C)OC(=O)C(=CN2CCSC2)C(=O)O1. The molecular weight excluding hydrogens is 230 g/mol. The van der Waals surface area contributed by atoms with Crippen molar-refractivity contribution in [2.75, 3.05) is 18.2 Å². The average molecular weight is 243 g/mol. The van der Waals surface area contributed by atoms with Crippen molar-refractivity contribution in [1.29, 1.82) is 0 Å². The molecule has 6 heteroatoms. The van der Waals surface area contributed by atoms with E-state index in [1.807, 2.05) is 4.90 Å². The van der Waals surface area contributed by atoms with Crippen molar-refractivity contribution in [1.82, 2.24) is 4.90 Å². The maximum absolute atomic E-state index is 11.6. The van der Waals surface area contributed by atoms with E-state index in [1.165, 1.54) is 20.0 Å². The van der Waals surface area contributed by atoms with Gasteiger partial charge in [-0.15, -0.1) is 11.8 Å². The summed E-state index contributed by atoms with van der Waals surface area (Å²) in [5.41, 5.74) is -0.0261. The lowest BCUT2D eigenvalue weighted by Crippen LogP contribution is -2.42. The van der Waals surface area contributed by atoms with E-state index >= 15 is 0 Å². The number of nitrogens with zero attached hydrogens (tertiary/aromatic N) is 1. The van der Waals surface area contributed by atoms with E-state index < -0.39 is 17.7 Å². The lowest BCUT2D eigenvalue weighted by atomic mass is 10.2. The minimum atomic E-state index is -1.16. The first-order valence-electron chi connectivity index (χ1n) is 4.98. The summed E-state index contributed by atoms with van der Waals surface area (Å²) in [6, 6.07) is 0. The van der Waals surface area contributed by atoms with Crippen LogP contribution < -0.4 is 0 Å². The van der Waals surface area contributed by atoms with Gasteiger partial charge in [-0.2, -0.15) is 0 Å². The van der Waals surface area contributed by atoms with Gasteiger partial charge >= 0.3 is 11.9 Å². The Labute approximate surface area is 97.8 Å². The largest absolute Gasteiger partial charge is 0.419 e. The van der Waals surface area contributed by atoms with Crippen molar-refractivity contribution in [2.24, 2.45) is 0 Å². The van der Waals surface area contributed by atoms with E-state index in [0.717, 1.165) is 18.2 Å². The molecule has 0 aromatic rings. The Kier molecular flexibility index (Phi) is 2.84. The zero-order valence-electron chi connectivity index (χ0n) is 9.19. The van der Waals surface area contributed by atoms with Crippen molar-refractivity contribution in [2.45, 2.75) is 19.6 Å². The van der Waals surface area contributed by atoms with Gasteiger partial charge in [0.05, 0.1) is 5.88 Å². The Morgan fingerprint density at radius 1 is 1.31 bits per heavy atom. The zero-order chi connectivity index (χ0) is 11.8. The van der Waals surface area contributed by atoms with Crippen molar-refractivity contribution in [3.63, 3.8) is 0 Å². The second-order valence-electron chi connectivity index (χ2n) is 4.07. The molecule has 2 rings (SSSR count). The van der Waals surface area contributed by atoms with Crippen molar-refractivity contribution < 1.29 is 19.1 Å². The Hall–Kier alpha value is -1.17. The Morgan fingerprint density at radius 3 is 2.44 bits per heavy atom. The van der Waals surface area contributed by atoms with Crippen LogP contribution in [0.4, 0.5) is 0 Å². The normalized spacial score (nSPS) is 24.1. The molecule has 0 amide bonds. The Balaban J connectivity index is 2.15. The fourth-order valence-corrected chi connectivity index (χ4v) is 2.41. The van der Waals surface area contributed by atoms with E-state index in [0.29, 0.717) is 0 Å². The third-order valence-electron chi connectivity index (χ3n) is 2.21. The summed E-state index contributed by atoms with van der Waals surface area (Å²) >= 11 is 1.75. The van der Waals surface area contributed by atoms with Crippen LogP contribution in [-0.2, 0) is 19.1 Å². The first-order chi connectivity index (χ1) is 7.48. The topological polar surface area (TPSA) is 55.8 Å². The van der Waals surface area contributed by atoms with Crippen molar-refractivity contribution >= 4 is 23.7 Å². The first-order valence-corrected chi connectivity index (χ1v) is 6.14. The van der Waals surface area contributed by atoms with Crippen LogP contribution in [0.5, 0.6) is 0 Å². The third-order valence-corrected chi connectivity index (χ3v) is 3.19. The highest BCUT2D eigenvalue weighted by molar-refractivity contribution is 7.99. The van der Waals surface area contributed by atoms with E-state index in [9.17, 15) is 9.59 Å². The minimum Gasteiger partial charge on any atom is -0.419 e. The van der Waals surface area contributed by atoms with Gasteiger partial charge in [-0.3, -0.25) is 0 Å².